The van der Waals surface area contributed by atoms with Crippen LogP contribution in [-0.4, -0.2) is 28.0 Å². The number of hydrogen-bond donors (Lipinski definition) is 0. The zero-order valence-electron chi connectivity index (χ0n) is 12.2. The summed E-state index contributed by atoms with van der Waals surface area (Å²) in [5, 5.41) is 3.93. The van der Waals surface area contributed by atoms with E-state index in [9.17, 15) is 9.59 Å². The smallest absolute Gasteiger partial charge is 0.173 e. The number of carbonyl (C=O) groups excluding carboxylic acids is 2. The molecular weight excluding hydrogens is 268 g/mol. The number of carbonyl (C=O) groups is 2. The van der Waals surface area contributed by atoms with Gasteiger partial charge in [0.05, 0.1) is 24.8 Å². The monoisotopic (exact) mass is 286 g/mol. The Labute approximate surface area is 123 Å². The van der Waals surface area contributed by atoms with Crippen molar-refractivity contribution in [3.05, 3.63) is 47.8 Å². The van der Waals surface area contributed by atoms with E-state index in [0.29, 0.717) is 17.7 Å². The van der Waals surface area contributed by atoms with Crippen LogP contribution in [0.4, 0.5) is 0 Å². The van der Waals surface area contributed by atoms with Gasteiger partial charge in [-0.1, -0.05) is 6.92 Å². The molecule has 1 aromatic heterocycles. The number of benzene rings is 1. The van der Waals surface area contributed by atoms with Crippen molar-refractivity contribution >= 4 is 11.6 Å². The van der Waals surface area contributed by atoms with Crippen LogP contribution in [0.25, 0.3) is 0 Å². The van der Waals surface area contributed by atoms with Crippen molar-refractivity contribution in [1.82, 2.24) is 9.78 Å². The van der Waals surface area contributed by atoms with Crippen molar-refractivity contribution in [2.75, 3.05) is 6.61 Å². The minimum atomic E-state index is -0.223. The molecule has 1 heterocycles. The standard InChI is InChI=1S/C16H18N2O3/c1-3-8-21-14-6-4-12(5-7-14)15(19)9-16(20)13-10-17-18(2)11-13/h4-7,10-11H,3,8-9H2,1-2H3. The highest BCUT2D eigenvalue weighted by Crippen LogP contribution is 2.14. The van der Waals surface area contributed by atoms with Crippen LogP contribution in [0.1, 0.15) is 40.5 Å². The number of aromatic nitrogens is 2. The van der Waals surface area contributed by atoms with Gasteiger partial charge in [0.25, 0.3) is 0 Å². The molecule has 2 rings (SSSR count). The third-order valence-electron chi connectivity index (χ3n) is 3.00. The maximum absolute atomic E-state index is 12.1. The van der Waals surface area contributed by atoms with Crippen molar-refractivity contribution in [3.63, 3.8) is 0 Å². The molecule has 0 fully saturated rings. The summed E-state index contributed by atoms with van der Waals surface area (Å²) < 4.78 is 6.99. The molecule has 5 nitrogen and oxygen atoms in total. The summed E-state index contributed by atoms with van der Waals surface area (Å²) in [7, 11) is 1.73. The SMILES string of the molecule is CCCOc1ccc(C(=O)CC(=O)c2cnn(C)c2)cc1. The van der Waals surface area contributed by atoms with Crippen LogP contribution in [0, 0.1) is 0 Å². The Morgan fingerprint density at radius 1 is 1.14 bits per heavy atom. The highest BCUT2D eigenvalue weighted by molar-refractivity contribution is 6.13. The molecule has 0 unspecified atom stereocenters. The lowest BCUT2D eigenvalue weighted by Gasteiger charge is -2.05. The van der Waals surface area contributed by atoms with Gasteiger partial charge in [0.1, 0.15) is 5.75 Å². The maximum Gasteiger partial charge on any atom is 0.173 e. The summed E-state index contributed by atoms with van der Waals surface area (Å²) >= 11 is 0. The first kappa shape index (κ1) is 15.0. The highest BCUT2D eigenvalue weighted by Gasteiger charge is 2.15. The minimum absolute atomic E-state index is 0.152. The third kappa shape index (κ3) is 4.02. The number of rotatable bonds is 7. The zero-order chi connectivity index (χ0) is 15.2. The summed E-state index contributed by atoms with van der Waals surface area (Å²) in [4.78, 5) is 24.0. The van der Waals surface area contributed by atoms with Crippen molar-refractivity contribution in [2.24, 2.45) is 7.05 Å². The molecule has 2 aromatic rings. The molecule has 110 valence electrons. The van der Waals surface area contributed by atoms with Gasteiger partial charge in [-0.15, -0.1) is 0 Å². The van der Waals surface area contributed by atoms with Crippen molar-refractivity contribution in [3.8, 4) is 5.75 Å². The number of nitrogens with zero attached hydrogens (tertiary/aromatic N) is 2. The Hall–Kier alpha value is -2.43. The summed E-state index contributed by atoms with van der Waals surface area (Å²) in [6, 6.07) is 6.86. The molecule has 0 N–H and O–H groups in total. The van der Waals surface area contributed by atoms with Crippen molar-refractivity contribution in [2.45, 2.75) is 19.8 Å². The zero-order valence-corrected chi connectivity index (χ0v) is 12.2. The first-order chi connectivity index (χ1) is 10.1. The van der Waals surface area contributed by atoms with Gasteiger partial charge in [-0.2, -0.15) is 5.10 Å². The topological polar surface area (TPSA) is 61.2 Å². The average Bonchev–Trinajstić information content (AvgIpc) is 2.92. The van der Waals surface area contributed by atoms with E-state index >= 15 is 0 Å². The second-order valence-corrected chi connectivity index (χ2v) is 4.80. The number of ketones is 2. The first-order valence-corrected chi connectivity index (χ1v) is 6.88. The van der Waals surface area contributed by atoms with E-state index in [0.717, 1.165) is 12.2 Å². The van der Waals surface area contributed by atoms with Crippen LogP contribution < -0.4 is 4.74 Å². The molecule has 0 radical (unpaired) electrons. The molecule has 0 aliphatic rings. The van der Waals surface area contributed by atoms with Crippen molar-refractivity contribution in [1.29, 1.82) is 0 Å². The second-order valence-electron chi connectivity index (χ2n) is 4.80. The van der Waals surface area contributed by atoms with Crippen LogP contribution in [0.5, 0.6) is 5.75 Å². The van der Waals surface area contributed by atoms with Crippen LogP contribution in [-0.2, 0) is 7.05 Å². The lowest BCUT2D eigenvalue weighted by atomic mass is 10.0. The van der Waals surface area contributed by atoms with Gasteiger partial charge in [-0.25, -0.2) is 0 Å². The fraction of sp³-hybridized carbons (Fsp3) is 0.312. The molecule has 0 bridgehead atoms. The Morgan fingerprint density at radius 2 is 1.81 bits per heavy atom. The van der Waals surface area contributed by atoms with Gasteiger partial charge in [-0.3, -0.25) is 14.3 Å². The van der Waals surface area contributed by atoms with E-state index in [1.165, 1.54) is 10.9 Å². The van der Waals surface area contributed by atoms with Crippen LogP contribution >= 0.6 is 0 Å². The van der Waals surface area contributed by atoms with Crippen molar-refractivity contribution < 1.29 is 14.3 Å². The van der Waals surface area contributed by atoms with Gasteiger partial charge >= 0.3 is 0 Å². The molecule has 0 saturated heterocycles. The summed E-state index contributed by atoms with van der Waals surface area (Å²) in [6.45, 7) is 2.68. The molecule has 0 saturated carbocycles. The number of Topliss-reactive ketones (excluding diaryl/α,β-unsaturated/α-hetero) is 2. The molecular formula is C16H18N2O3. The van der Waals surface area contributed by atoms with Crippen LogP contribution in [0.3, 0.4) is 0 Å². The Kier molecular flexibility index (Phi) is 4.87. The second kappa shape index (κ2) is 6.83. The Bertz CT molecular complexity index is 629. The number of ether oxygens (including phenoxy) is 1. The Morgan fingerprint density at radius 3 is 2.38 bits per heavy atom. The highest BCUT2D eigenvalue weighted by atomic mass is 16.5. The van der Waals surface area contributed by atoms with E-state index in [4.69, 9.17) is 4.74 Å². The summed E-state index contributed by atoms with van der Waals surface area (Å²) in [5.41, 5.74) is 0.963. The molecule has 0 spiro atoms. The molecule has 0 atom stereocenters. The number of aryl methyl sites for hydroxylation is 1. The minimum Gasteiger partial charge on any atom is -0.494 e. The third-order valence-corrected chi connectivity index (χ3v) is 3.00. The van der Waals surface area contributed by atoms with E-state index in [-0.39, 0.29) is 18.0 Å². The van der Waals surface area contributed by atoms with Gasteiger partial charge in [0.2, 0.25) is 0 Å². The normalized spacial score (nSPS) is 10.4. The maximum atomic E-state index is 12.1. The van der Waals surface area contributed by atoms with Crippen LogP contribution in [0.2, 0.25) is 0 Å². The van der Waals surface area contributed by atoms with Crippen LogP contribution in [0.15, 0.2) is 36.7 Å². The first-order valence-electron chi connectivity index (χ1n) is 6.88. The van der Waals surface area contributed by atoms with E-state index < -0.39 is 0 Å². The molecule has 5 heteroatoms. The van der Waals surface area contributed by atoms with Gasteiger partial charge < -0.3 is 4.74 Å². The lowest BCUT2D eigenvalue weighted by Crippen LogP contribution is -2.08. The fourth-order valence-corrected chi connectivity index (χ4v) is 1.87. The predicted molar refractivity (Wildman–Crippen MR) is 78.7 cm³/mol. The number of hydrogen-bond acceptors (Lipinski definition) is 4. The largest absolute Gasteiger partial charge is 0.494 e. The quantitative estimate of drug-likeness (QED) is 0.580. The predicted octanol–water partition coefficient (Wildman–Crippen LogP) is 2.66. The van der Waals surface area contributed by atoms with E-state index in [1.54, 1.807) is 37.5 Å². The fourth-order valence-electron chi connectivity index (χ4n) is 1.87. The average molecular weight is 286 g/mol. The molecule has 0 amide bonds. The molecule has 0 aliphatic carbocycles. The van der Waals surface area contributed by atoms with Gasteiger partial charge in [0.15, 0.2) is 11.6 Å². The van der Waals surface area contributed by atoms with Gasteiger partial charge in [-0.05, 0) is 30.7 Å². The molecule has 1 aromatic carbocycles. The lowest BCUT2D eigenvalue weighted by molar-refractivity contribution is 0.0894. The molecule has 0 aliphatic heterocycles. The van der Waals surface area contributed by atoms with E-state index in [1.807, 2.05) is 6.92 Å². The molecule has 21 heavy (non-hydrogen) atoms. The summed E-state index contributed by atoms with van der Waals surface area (Å²) in [5.74, 6) is 0.303. The van der Waals surface area contributed by atoms with E-state index in [2.05, 4.69) is 5.10 Å². The van der Waals surface area contributed by atoms with Gasteiger partial charge in [0, 0.05) is 18.8 Å². The summed E-state index contributed by atoms with van der Waals surface area (Å²) in [6.07, 6.45) is 3.86. The Balaban J connectivity index is 1.98.